The van der Waals surface area contributed by atoms with Crippen LogP contribution in [0, 0.1) is 5.82 Å². The van der Waals surface area contributed by atoms with E-state index in [9.17, 15) is 19.1 Å². The second-order valence-corrected chi connectivity index (χ2v) is 7.96. The van der Waals surface area contributed by atoms with Crippen LogP contribution in [0.25, 0.3) is 5.76 Å². The number of hydrogen-bond acceptors (Lipinski definition) is 6. The van der Waals surface area contributed by atoms with Crippen molar-refractivity contribution >= 4 is 17.4 Å². The van der Waals surface area contributed by atoms with Gasteiger partial charge in [-0.05, 0) is 36.8 Å². The standard InChI is InChI=1S/C25H27FN2O5/c1-2-33-20-8-4-6-18(16-20)23(29)21-22(17-5-3-7-19(26)15-17)28(25(31)24(21)30)10-9-27-11-13-32-14-12-27/h3-8,15-16,22,29H,2,9-14H2,1H3/b23-21+. The zero-order chi connectivity index (χ0) is 23.4. The molecule has 2 aromatic carbocycles. The number of halogens is 1. The van der Waals surface area contributed by atoms with Crippen LogP contribution in [0.3, 0.4) is 0 Å². The summed E-state index contributed by atoms with van der Waals surface area (Å²) in [6.07, 6.45) is 0. The quantitative estimate of drug-likeness (QED) is 0.394. The van der Waals surface area contributed by atoms with Crippen LogP contribution >= 0.6 is 0 Å². The van der Waals surface area contributed by atoms with Crippen LogP contribution in [-0.2, 0) is 14.3 Å². The first-order valence-corrected chi connectivity index (χ1v) is 11.1. The molecule has 2 aliphatic rings. The summed E-state index contributed by atoms with van der Waals surface area (Å²) in [5.74, 6) is -1.75. The molecule has 2 fully saturated rings. The number of hydrogen-bond donors (Lipinski definition) is 1. The van der Waals surface area contributed by atoms with Gasteiger partial charge in [-0.2, -0.15) is 0 Å². The predicted octanol–water partition coefficient (Wildman–Crippen LogP) is 2.98. The molecule has 174 valence electrons. The first-order chi connectivity index (χ1) is 16.0. The van der Waals surface area contributed by atoms with E-state index in [-0.39, 0.29) is 17.9 Å². The molecule has 2 saturated heterocycles. The number of morpholine rings is 1. The summed E-state index contributed by atoms with van der Waals surface area (Å²) in [6, 6.07) is 11.6. The van der Waals surface area contributed by atoms with Crippen LogP contribution in [0.1, 0.15) is 24.1 Å². The van der Waals surface area contributed by atoms with Crippen LogP contribution in [-0.4, -0.2) is 72.6 Å². The highest BCUT2D eigenvalue weighted by Crippen LogP contribution is 2.39. The van der Waals surface area contributed by atoms with Crippen LogP contribution in [0.15, 0.2) is 54.1 Å². The number of nitrogens with zero attached hydrogens (tertiary/aromatic N) is 2. The Balaban J connectivity index is 1.74. The molecular weight excluding hydrogens is 427 g/mol. The Morgan fingerprint density at radius 3 is 2.61 bits per heavy atom. The summed E-state index contributed by atoms with van der Waals surface area (Å²) >= 11 is 0. The molecule has 0 aliphatic carbocycles. The van der Waals surface area contributed by atoms with Crippen LogP contribution in [0.2, 0.25) is 0 Å². The molecule has 0 aromatic heterocycles. The van der Waals surface area contributed by atoms with E-state index in [1.807, 2.05) is 6.92 Å². The van der Waals surface area contributed by atoms with E-state index in [4.69, 9.17) is 9.47 Å². The minimum Gasteiger partial charge on any atom is -0.507 e. The Morgan fingerprint density at radius 2 is 1.88 bits per heavy atom. The number of aliphatic hydroxyl groups is 1. The Kier molecular flexibility index (Phi) is 7.05. The van der Waals surface area contributed by atoms with Crippen molar-refractivity contribution < 1.29 is 28.6 Å². The Labute approximate surface area is 192 Å². The molecule has 1 amide bonds. The van der Waals surface area contributed by atoms with Crippen LogP contribution in [0.5, 0.6) is 5.75 Å². The fourth-order valence-corrected chi connectivity index (χ4v) is 4.26. The molecule has 0 spiro atoms. The Morgan fingerprint density at radius 1 is 1.12 bits per heavy atom. The Bertz CT molecular complexity index is 1060. The maximum Gasteiger partial charge on any atom is 0.295 e. The normalized spacial score (nSPS) is 20.9. The molecule has 1 N–H and O–H groups in total. The van der Waals surface area contributed by atoms with Gasteiger partial charge in [0, 0.05) is 31.7 Å². The summed E-state index contributed by atoms with van der Waals surface area (Å²) < 4.78 is 25.0. The van der Waals surface area contributed by atoms with Crippen molar-refractivity contribution in [2.24, 2.45) is 0 Å². The molecule has 8 heteroatoms. The van der Waals surface area contributed by atoms with Crippen molar-refractivity contribution in [1.82, 2.24) is 9.80 Å². The van der Waals surface area contributed by atoms with Crippen molar-refractivity contribution in [2.45, 2.75) is 13.0 Å². The third-order valence-corrected chi connectivity index (χ3v) is 5.88. The first-order valence-electron chi connectivity index (χ1n) is 11.1. The van der Waals surface area contributed by atoms with Gasteiger partial charge in [-0.3, -0.25) is 14.5 Å². The van der Waals surface area contributed by atoms with E-state index in [1.165, 1.54) is 23.1 Å². The average Bonchev–Trinajstić information content (AvgIpc) is 3.08. The van der Waals surface area contributed by atoms with E-state index in [0.717, 1.165) is 13.1 Å². The number of rotatable bonds is 7. The lowest BCUT2D eigenvalue weighted by Gasteiger charge is -2.31. The zero-order valence-electron chi connectivity index (χ0n) is 18.5. The third-order valence-electron chi connectivity index (χ3n) is 5.88. The predicted molar refractivity (Wildman–Crippen MR) is 120 cm³/mol. The summed E-state index contributed by atoms with van der Waals surface area (Å²) in [5.41, 5.74) is 0.730. The highest BCUT2D eigenvalue weighted by Gasteiger charge is 2.46. The van der Waals surface area contributed by atoms with E-state index < -0.39 is 23.5 Å². The monoisotopic (exact) mass is 454 g/mol. The van der Waals surface area contributed by atoms with Gasteiger partial charge in [0.2, 0.25) is 0 Å². The van der Waals surface area contributed by atoms with E-state index in [1.54, 1.807) is 30.3 Å². The summed E-state index contributed by atoms with van der Waals surface area (Å²) in [5, 5.41) is 11.1. The molecule has 1 atom stereocenters. The number of carbonyl (C=O) groups excluding carboxylic acids is 2. The van der Waals surface area contributed by atoms with Gasteiger partial charge < -0.3 is 19.5 Å². The molecule has 2 aromatic rings. The lowest BCUT2D eigenvalue weighted by molar-refractivity contribution is -0.140. The van der Waals surface area contributed by atoms with Gasteiger partial charge in [0.05, 0.1) is 31.4 Å². The second kappa shape index (κ2) is 10.1. The van der Waals surface area contributed by atoms with Gasteiger partial charge in [0.15, 0.2) is 0 Å². The van der Waals surface area contributed by atoms with Crippen molar-refractivity contribution in [1.29, 1.82) is 0 Å². The molecule has 0 saturated carbocycles. The minimum absolute atomic E-state index is 0.0544. The molecule has 2 aliphatic heterocycles. The molecule has 0 bridgehead atoms. The number of carbonyl (C=O) groups is 2. The van der Waals surface area contributed by atoms with Crippen molar-refractivity contribution in [3.05, 3.63) is 71.0 Å². The van der Waals surface area contributed by atoms with Gasteiger partial charge >= 0.3 is 0 Å². The first kappa shape index (κ1) is 22.9. The molecule has 1 unspecified atom stereocenters. The van der Waals surface area contributed by atoms with Crippen molar-refractivity contribution in [2.75, 3.05) is 46.0 Å². The maximum atomic E-state index is 14.1. The highest BCUT2D eigenvalue weighted by molar-refractivity contribution is 6.46. The van der Waals surface area contributed by atoms with Crippen LogP contribution < -0.4 is 4.74 Å². The number of aliphatic hydroxyl groups excluding tert-OH is 1. The smallest absolute Gasteiger partial charge is 0.295 e. The van der Waals surface area contributed by atoms with Crippen molar-refractivity contribution in [3.8, 4) is 5.75 Å². The maximum absolute atomic E-state index is 14.1. The van der Waals surface area contributed by atoms with Gasteiger partial charge in [-0.25, -0.2) is 4.39 Å². The summed E-state index contributed by atoms with van der Waals surface area (Å²) in [4.78, 5) is 29.7. The van der Waals surface area contributed by atoms with Gasteiger partial charge in [-0.1, -0.05) is 24.3 Å². The van der Waals surface area contributed by atoms with Crippen molar-refractivity contribution in [3.63, 3.8) is 0 Å². The van der Waals surface area contributed by atoms with Gasteiger partial charge in [0.25, 0.3) is 11.7 Å². The molecule has 0 radical (unpaired) electrons. The lowest BCUT2D eigenvalue weighted by atomic mass is 9.95. The van der Waals surface area contributed by atoms with Gasteiger partial charge in [-0.15, -0.1) is 0 Å². The number of ether oxygens (including phenoxy) is 2. The van der Waals surface area contributed by atoms with Crippen LogP contribution in [0.4, 0.5) is 4.39 Å². The third kappa shape index (κ3) is 4.91. The summed E-state index contributed by atoms with van der Waals surface area (Å²) in [6.45, 7) is 5.79. The largest absolute Gasteiger partial charge is 0.507 e. The fraction of sp³-hybridized carbons (Fsp3) is 0.360. The Hall–Kier alpha value is -3.23. The number of likely N-dealkylation sites (tertiary alicyclic amines) is 1. The van der Waals surface area contributed by atoms with Gasteiger partial charge in [0.1, 0.15) is 17.3 Å². The molecule has 2 heterocycles. The number of amides is 1. The molecule has 33 heavy (non-hydrogen) atoms. The van der Waals surface area contributed by atoms with E-state index in [2.05, 4.69) is 4.90 Å². The second-order valence-electron chi connectivity index (χ2n) is 7.96. The fourth-order valence-electron chi connectivity index (χ4n) is 4.26. The number of Topliss-reactive ketones (excluding diaryl/α,β-unsaturated/α-hetero) is 1. The zero-order valence-corrected chi connectivity index (χ0v) is 18.5. The number of benzene rings is 2. The topological polar surface area (TPSA) is 79.3 Å². The minimum atomic E-state index is -0.891. The average molecular weight is 454 g/mol. The summed E-state index contributed by atoms with van der Waals surface area (Å²) in [7, 11) is 0. The molecule has 7 nitrogen and oxygen atoms in total. The van der Waals surface area contributed by atoms with E-state index in [0.29, 0.717) is 43.2 Å². The number of ketones is 1. The SMILES string of the molecule is CCOc1cccc(/C(O)=C2\C(=O)C(=O)N(CCN3CCOCC3)C2c2cccc(F)c2)c1. The highest BCUT2D eigenvalue weighted by atomic mass is 19.1. The molecule has 4 rings (SSSR count). The lowest BCUT2D eigenvalue weighted by Crippen LogP contribution is -2.42. The molecular formula is C25H27FN2O5. The van der Waals surface area contributed by atoms with E-state index >= 15 is 0 Å².